The number of unbranched alkanes of at least 4 members (excludes halogenated alkanes) is 1. The van der Waals surface area contributed by atoms with Crippen molar-refractivity contribution in [2.75, 3.05) is 30.3 Å². The molecule has 42 heavy (non-hydrogen) atoms. The molecule has 0 aliphatic rings. The van der Waals surface area contributed by atoms with Crippen LogP contribution in [0.2, 0.25) is 0 Å². The molecule has 226 valence electrons. The molecule has 11 heteroatoms. The minimum Gasteiger partial charge on any atom is -0.494 e. The third kappa shape index (κ3) is 8.99. The summed E-state index contributed by atoms with van der Waals surface area (Å²) in [5.41, 5.74) is 1.12. The van der Waals surface area contributed by atoms with Crippen molar-refractivity contribution in [3.05, 3.63) is 82.8 Å². The lowest BCUT2D eigenvalue weighted by Gasteiger charge is -2.32. The number of carbonyl (C=O) groups excluding carboxylic acids is 2. The molecule has 0 spiro atoms. The van der Waals surface area contributed by atoms with Gasteiger partial charge in [-0.3, -0.25) is 13.9 Å². The molecule has 1 N–H and O–H groups in total. The number of sulfonamides is 1. The largest absolute Gasteiger partial charge is 0.494 e. The van der Waals surface area contributed by atoms with Crippen LogP contribution in [0.1, 0.15) is 39.2 Å². The van der Waals surface area contributed by atoms with Crippen LogP contribution in [0.3, 0.4) is 0 Å². The number of ether oxygens (including phenoxy) is 1. The van der Waals surface area contributed by atoms with Gasteiger partial charge in [-0.05, 0) is 92.8 Å². The number of hydrogen-bond donors (Lipinski definition) is 1. The van der Waals surface area contributed by atoms with Crippen molar-refractivity contribution in [1.82, 2.24) is 10.2 Å². The van der Waals surface area contributed by atoms with E-state index in [1.54, 1.807) is 43.3 Å². The maximum atomic E-state index is 14.0. The molecule has 0 radical (unpaired) electrons. The van der Waals surface area contributed by atoms with Crippen molar-refractivity contribution in [2.45, 2.75) is 56.0 Å². The number of anilines is 1. The van der Waals surface area contributed by atoms with Gasteiger partial charge in [-0.15, -0.1) is 11.8 Å². The topological polar surface area (TPSA) is 96.0 Å². The van der Waals surface area contributed by atoms with Crippen molar-refractivity contribution in [2.24, 2.45) is 0 Å². The maximum absolute atomic E-state index is 14.0. The van der Waals surface area contributed by atoms with Crippen LogP contribution >= 0.6 is 27.7 Å². The molecule has 3 aromatic rings. The number of nitrogens with one attached hydrogen (secondary N) is 1. The van der Waals surface area contributed by atoms with Crippen molar-refractivity contribution in [1.29, 1.82) is 0 Å². The van der Waals surface area contributed by atoms with Gasteiger partial charge in [0, 0.05) is 22.5 Å². The Morgan fingerprint density at radius 3 is 2.19 bits per heavy atom. The number of thioether (sulfide) groups is 1. The zero-order valence-corrected chi connectivity index (χ0v) is 27.6. The molecule has 3 aromatic carbocycles. The minimum atomic E-state index is -4.15. The molecule has 2 amide bonds. The highest BCUT2D eigenvalue weighted by atomic mass is 79.9. The normalized spacial score (nSPS) is 11.9. The van der Waals surface area contributed by atoms with Gasteiger partial charge in [0.1, 0.15) is 18.3 Å². The Morgan fingerprint density at radius 1 is 0.976 bits per heavy atom. The molecule has 0 fully saturated rings. The average molecular weight is 677 g/mol. The fourth-order valence-electron chi connectivity index (χ4n) is 4.18. The van der Waals surface area contributed by atoms with E-state index in [0.29, 0.717) is 24.6 Å². The van der Waals surface area contributed by atoms with Crippen molar-refractivity contribution < 1.29 is 22.7 Å². The summed E-state index contributed by atoms with van der Waals surface area (Å²) >= 11 is 4.93. The number of halogens is 1. The van der Waals surface area contributed by atoms with E-state index in [1.165, 1.54) is 28.8 Å². The third-order valence-electron chi connectivity index (χ3n) is 6.63. The molecule has 8 nitrogen and oxygen atoms in total. The van der Waals surface area contributed by atoms with Gasteiger partial charge < -0.3 is 15.0 Å². The predicted octanol–water partition coefficient (Wildman–Crippen LogP) is 6.10. The summed E-state index contributed by atoms with van der Waals surface area (Å²) in [6.45, 7) is 6.15. The van der Waals surface area contributed by atoms with Crippen LogP contribution in [-0.2, 0) is 26.2 Å². The Hall–Kier alpha value is -3.02. The fourth-order valence-corrected chi connectivity index (χ4v) is 6.27. The first kappa shape index (κ1) is 33.5. The Labute approximate surface area is 262 Å². The molecule has 0 saturated heterocycles. The molecule has 1 atom stereocenters. The molecule has 0 aliphatic heterocycles. The smallest absolute Gasteiger partial charge is 0.264 e. The van der Waals surface area contributed by atoms with Gasteiger partial charge in [0.25, 0.3) is 10.0 Å². The summed E-state index contributed by atoms with van der Waals surface area (Å²) in [4.78, 5) is 29.5. The van der Waals surface area contributed by atoms with Gasteiger partial charge in [0.15, 0.2) is 0 Å². The van der Waals surface area contributed by atoms with Gasteiger partial charge in [-0.1, -0.05) is 41.4 Å². The molecule has 1 unspecified atom stereocenters. The maximum Gasteiger partial charge on any atom is 0.264 e. The Bertz CT molecular complexity index is 1420. The number of hydrogen-bond acceptors (Lipinski definition) is 6. The van der Waals surface area contributed by atoms with E-state index in [2.05, 4.69) is 21.2 Å². The zero-order valence-electron chi connectivity index (χ0n) is 24.4. The quantitative estimate of drug-likeness (QED) is 0.155. The summed E-state index contributed by atoms with van der Waals surface area (Å²) in [5.74, 6) is -0.213. The van der Waals surface area contributed by atoms with E-state index in [0.717, 1.165) is 32.1 Å². The highest BCUT2D eigenvalue weighted by Crippen LogP contribution is 2.28. The molecule has 0 aromatic heterocycles. The Morgan fingerprint density at radius 2 is 1.62 bits per heavy atom. The summed E-state index contributed by atoms with van der Waals surface area (Å²) in [7, 11) is -4.15. The first-order valence-corrected chi connectivity index (χ1v) is 17.3. The van der Waals surface area contributed by atoms with Gasteiger partial charge in [0.2, 0.25) is 11.8 Å². The van der Waals surface area contributed by atoms with E-state index in [9.17, 15) is 18.0 Å². The number of rotatable bonds is 15. The Balaban J connectivity index is 2.00. The monoisotopic (exact) mass is 675 g/mol. The summed E-state index contributed by atoms with van der Waals surface area (Å²) in [6, 6.07) is 19.7. The SMILES string of the molecule is CCCCNC(=O)C(C)N(Cc1ccc(Br)cc1)C(=O)CN(c1ccc(OCC)cc1)S(=O)(=O)c1ccc(SC)cc1. The first-order valence-electron chi connectivity index (χ1n) is 13.8. The van der Waals surface area contributed by atoms with Gasteiger partial charge in [-0.2, -0.15) is 0 Å². The lowest BCUT2D eigenvalue weighted by atomic mass is 10.1. The average Bonchev–Trinajstić information content (AvgIpc) is 2.99. The zero-order chi connectivity index (χ0) is 30.7. The van der Waals surface area contributed by atoms with Crippen LogP contribution in [0.15, 0.2) is 87.1 Å². The molecule has 0 heterocycles. The Kier molecular flexibility index (Phi) is 12.8. The lowest BCUT2D eigenvalue weighted by molar-refractivity contribution is -0.139. The highest BCUT2D eigenvalue weighted by Gasteiger charge is 2.32. The van der Waals surface area contributed by atoms with E-state index >= 15 is 0 Å². The second-order valence-corrected chi connectivity index (χ2v) is 13.2. The number of nitrogens with zero attached hydrogens (tertiary/aromatic N) is 2. The summed E-state index contributed by atoms with van der Waals surface area (Å²) in [6.07, 6.45) is 3.65. The number of amides is 2. The van der Waals surface area contributed by atoms with Crippen LogP contribution in [0.4, 0.5) is 5.69 Å². The van der Waals surface area contributed by atoms with E-state index in [4.69, 9.17) is 4.74 Å². The summed E-state index contributed by atoms with van der Waals surface area (Å²) < 4.78 is 35.5. The van der Waals surface area contributed by atoms with Crippen molar-refractivity contribution in [3.8, 4) is 5.75 Å². The number of benzene rings is 3. The van der Waals surface area contributed by atoms with Gasteiger partial charge in [0.05, 0.1) is 17.2 Å². The second-order valence-electron chi connectivity index (χ2n) is 9.58. The molecular weight excluding hydrogens is 638 g/mol. The number of carbonyl (C=O) groups is 2. The molecule has 0 bridgehead atoms. The lowest BCUT2D eigenvalue weighted by Crippen LogP contribution is -2.51. The molecule has 0 saturated carbocycles. The van der Waals surface area contributed by atoms with E-state index in [1.807, 2.05) is 44.4 Å². The molecule has 3 rings (SSSR count). The fraction of sp³-hybridized carbons (Fsp3) is 0.355. The van der Waals surface area contributed by atoms with Crippen LogP contribution < -0.4 is 14.4 Å². The van der Waals surface area contributed by atoms with Crippen molar-refractivity contribution >= 4 is 55.2 Å². The van der Waals surface area contributed by atoms with E-state index < -0.39 is 28.5 Å². The molecular formula is C31H38BrN3O5S2. The van der Waals surface area contributed by atoms with Crippen molar-refractivity contribution in [3.63, 3.8) is 0 Å². The van der Waals surface area contributed by atoms with E-state index in [-0.39, 0.29) is 17.3 Å². The predicted molar refractivity (Wildman–Crippen MR) is 172 cm³/mol. The summed E-state index contributed by atoms with van der Waals surface area (Å²) in [5, 5.41) is 2.90. The van der Waals surface area contributed by atoms with Crippen LogP contribution in [0.5, 0.6) is 5.75 Å². The highest BCUT2D eigenvalue weighted by molar-refractivity contribution is 9.10. The second kappa shape index (κ2) is 16.0. The first-order chi connectivity index (χ1) is 20.1. The van der Waals surface area contributed by atoms with Crippen LogP contribution in [0.25, 0.3) is 0 Å². The standard InChI is InChI=1S/C31H38BrN3O5S2/c1-5-7-20-33-31(37)23(3)34(21-24-8-10-25(32)11-9-24)30(36)22-35(26-12-14-27(15-13-26)40-6-2)42(38,39)29-18-16-28(41-4)17-19-29/h8-19,23H,5-7,20-22H2,1-4H3,(H,33,37). The van der Waals surface area contributed by atoms with Gasteiger partial charge >= 0.3 is 0 Å². The minimum absolute atomic E-state index is 0.0619. The van der Waals surface area contributed by atoms with Crippen LogP contribution in [0, 0.1) is 0 Å². The third-order valence-corrected chi connectivity index (χ3v) is 9.69. The molecule has 0 aliphatic carbocycles. The van der Waals surface area contributed by atoms with Crippen LogP contribution in [-0.4, -0.2) is 57.1 Å². The van der Waals surface area contributed by atoms with Gasteiger partial charge in [-0.25, -0.2) is 8.42 Å².